The Morgan fingerprint density at radius 3 is 2.40 bits per heavy atom. The van der Waals surface area contributed by atoms with Crippen LogP contribution >= 0.6 is 11.3 Å². The van der Waals surface area contributed by atoms with Crippen molar-refractivity contribution >= 4 is 17.4 Å². The van der Waals surface area contributed by atoms with E-state index in [1.165, 1.54) is 4.88 Å². The zero-order chi connectivity index (χ0) is 14.9. The molecule has 1 atom stereocenters. The maximum atomic E-state index is 12.5. The van der Waals surface area contributed by atoms with E-state index < -0.39 is 0 Å². The van der Waals surface area contributed by atoms with Crippen molar-refractivity contribution in [1.82, 2.24) is 19.7 Å². The van der Waals surface area contributed by atoms with Gasteiger partial charge in [-0.15, -0.1) is 11.3 Å². The van der Waals surface area contributed by atoms with Crippen LogP contribution in [0.2, 0.25) is 0 Å². The fraction of sp³-hybridized carbons (Fsp3) is 0.714. The first-order valence-electron chi connectivity index (χ1n) is 7.04. The summed E-state index contributed by atoms with van der Waals surface area (Å²) in [6, 6.07) is 0.128. The molecule has 0 bridgehead atoms. The second-order valence-corrected chi connectivity index (χ2v) is 6.94. The molecule has 1 aromatic rings. The number of piperazine rings is 1. The van der Waals surface area contributed by atoms with Crippen molar-refractivity contribution in [2.45, 2.75) is 26.8 Å². The largest absolute Gasteiger partial charge is 0.322 e. The van der Waals surface area contributed by atoms with E-state index in [9.17, 15) is 4.79 Å². The number of aromatic nitrogens is 1. The number of urea groups is 1. The number of carbonyl (C=O) groups is 1. The van der Waals surface area contributed by atoms with E-state index in [1.54, 1.807) is 11.3 Å². The molecule has 0 spiro atoms. The lowest BCUT2D eigenvalue weighted by Gasteiger charge is -2.36. The standard InChI is InChI=1S/C14H24N4OS/c1-10(13-11(2)20-12(3)15-13)17(5)14(19)18-8-6-16(4)7-9-18/h10H,6-9H2,1-5H3/t10-/m1/s1. The van der Waals surface area contributed by atoms with Crippen LogP contribution in [0.25, 0.3) is 0 Å². The lowest BCUT2D eigenvalue weighted by Crippen LogP contribution is -2.51. The third kappa shape index (κ3) is 3.12. The molecule has 1 saturated heterocycles. The number of amides is 2. The molecule has 1 aliphatic heterocycles. The molecule has 0 aliphatic carbocycles. The third-order valence-electron chi connectivity index (χ3n) is 3.99. The Balaban J connectivity index is 2.04. The molecule has 112 valence electrons. The summed E-state index contributed by atoms with van der Waals surface area (Å²) < 4.78 is 0. The van der Waals surface area contributed by atoms with Crippen molar-refractivity contribution in [2.75, 3.05) is 40.3 Å². The summed E-state index contributed by atoms with van der Waals surface area (Å²) in [5.74, 6) is 0. The highest BCUT2D eigenvalue weighted by atomic mass is 32.1. The van der Waals surface area contributed by atoms with Gasteiger partial charge in [-0.3, -0.25) is 0 Å². The highest BCUT2D eigenvalue weighted by Crippen LogP contribution is 2.26. The Kier molecular flexibility index (Phi) is 4.65. The molecular formula is C14H24N4OS. The van der Waals surface area contributed by atoms with Gasteiger partial charge in [0.05, 0.1) is 16.7 Å². The number of rotatable bonds is 2. The van der Waals surface area contributed by atoms with Crippen molar-refractivity contribution < 1.29 is 4.79 Å². The SMILES string of the molecule is Cc1nc([C@@H](C)N(C)C(=O)N2CCN(C)CC2)c(C)s1. The number of likely N-dealkylation sites (N-methyl/N-ethyl adjacent to an activating group) is 1. The summed E-state index contributed by atoms with van der Waals surface area (Å²) in [4.78, 5) is 24.3. The van der Waals surface area contributed by atoms with Gasteiger partial charge in [0, 0.05) is 38.1 Å². The van der Waals surface area contributed by atoms with Gasteiger partial charge < -0.3 is 14.7 Å². The third-order valence-corrected chi connectivity index (χ3v) is 4.89. The van der Waals surface area contributed by atoms with Crippen LogP contribution < -0.4 is 0 Å². The van der Waals surface area contributed by atoms with Gasteiger partial charge in [0.1, 0.15) is 0 Å². The van der Waals surface area contributed by atoms with E-state index in [-0.39, 0.29) is 12.1 Å². The van der Waals surface area contributed by atoms with Gasteiger partial charge in [-0.05, 0) is 27.8 Å². The zero-order valence-electron chi connectivity index (χ0n) is 13.0. The number of thiazole rings is 1. The van der Waals surface area contributed by atoms with Crippen molar-refractivity contribution in [3.05, 3.63) is 15.6 Å². The quantitative estimate of drug-likeness (QED) is 0.839. The molecule has 0 aromatic carbocycles. The molecule has 0 N–H and O–H groups in total. The van der Waals surface area contributed by atoms with E-state index >= 15 is 0 Å². The summed E-state index contributed by atoms with van der Waals surface area (Å²) in [5.41, 5.74) is 1.03. The van der Waals surface area contributed by atoms with Crippen LogP contribution in [0.5, 0.6) is 0 Å². The van der Waals surface area contributed by atoms with Gasteiger partial charge in [-0.2, -0.15) is 0 Å². The van der Waals surface area contributed by atoms with Crippen LogP contribution in [0.1, 0.15) is 28.5 Å². The number of hydrogen-bond acceptors (Lipinski definition) is 4. The van der Waals surface area contributed by atoms with Crippen molar-refractivity contribution in [1.29, 1.82) is 0 Å². The fourth-order valence-corrected chi connectivity index (χ4v) is 3.41. The normalized spacial score (nSPS) is 18.1. The maximum absolute atomic E-state index is 12.5. The molecule has 1 aromatic heterocycles. The van der Waals surface area contributed by atoms with Crippen molar-refractivity contribution in [2.24, 2.45) is 0 Å². The van der Waals surface area contributed by atoms with E-state index in [2.05, 4.69) is 30.8 Å². The van der Waals surface area contributed by atoms with Crippen LogP contribution in [-0.2, 0) is 0 Å². The Hall–Kier alpha value is -1.14. The summed E-state index contributed by atoms with van der Waals surface area (Å²) in [6.07, 6.45) is 0. The van der Waals surface area contributed by atoms with Crippen LogP contribution in [0.4, 0.5) is 4.79 Å². The van der Waals surface area contributed by atoms with E-state index in [1.807, 2.05) is 23.8 Å². The molecule has 6 heteroatoms. The first kappa shape index (κ1) is 15.3. The molecule has 1 aliphatic rings. The van der Waals surface area contributed by atoms with Gasteiger partial charge in [-0.25, -0.2) is 9.78 Å². The zero-order valence-corrected chi connectivity index (χ0v) is 13.8. The van der Waals surface area contributed by atoms with Crippen molar-refractivity contribution in [3.8, 4) is 0 Å². The van der Waals surface area contributed by atoms with E-state index in [0.29, 0.717) is 0 Å². The molecule has 2 rings (SSSR count). The maximum Gasteiger partial charge on any atom is 0.320 e. The minimum Gasteiger partial charge on any atom is -0.322 e. The summed E-state index contributed by atoms with van der Waals surface area (Å²) in [5, 5.41) is 1.06. The Morgan fingerprint density at radius 2 is 1.90 bits per heavy atom. The summed E-state index contributed by atoms with van der Waals surface area (Å²) in [6.45, 7) is 9.64. The Bertz CT molecular complexity index is 480. The Labute approximate surface area is 125 Å². The minimum atomic E-state index is 0.0205. The van der Waals surface area contributed by atoms with Gasteiger partial charge in [-0.1, -0.05) is 0 Å². The number of nitrogens with zero attached hydrogens (tertiary/aromatic N) is 4. The summed E-state index contributed by atoms with van der Waals surface area (Å²) >= 11 is 1.69. The summed E-state index contributed by atoms with van der Waals surface area (Å²) in [7, 11) is 3.97. The molecule has 0 radical (unpaired) electrons. The number of hydrogen-bond donors (Lipinski definition) is 0. The predicted molar refractivity (Wildman–Crippen MR) is 82.2 cm³/mol. The molecule has 0 saturated carbocycles. The lowest BCUT2D eigenvalue weighted by atomic mass is 10.2. The van der Waals surface area contributed by atoms with Crippen LogP contribution in [0, 0.1) is 13.8 Å². The first-order chi connectivity index (χ1) is 9.40. The second kappa shape index (κ2) is 6.10. The lowest BCUT2D eigenvalue weighted by molar-refractivity contribution is 0.119. The van der Waals surface area contributed by atoms with E-state index in [0.717, 1.165) is 36.9 Å². The Morgan fingerprint density at radius 1 is 1.30 bits per heavy atom. The molecule has 20 heavy (non-hydrogen) atoms. The number of carbonyl (C=O) groups excluding carboxylic acids is 1. The van der Waals surface area contributed by atoms with Gasteiger partial charge in [0.15, 0.2) is 0 Å². The average Bonchev–Trinajstić information content (AvgIpc) is 2.76. The van der Waals surface area contributed by atoms with Crippen LogP contribution in [0.3, 0.4) is 0 Å². The predicted octanol–water partition coefficient (Wildman–Crippen LogP) is 2.12. The highest BCUT2D eigenvalue weighted by molar-refractivity contribution is 7.11. The van der Waals surface area contributed by atoms with Gasteiger partial charge in [0.25, 0.3) is 0 Å². The monoisotopic (exact) mass is 296 g/mol. The number of aryl methyl sites for hydroxylation is 2. The molecule has 1 fully saturated rings. The second-order valence-electron chi connectivity index (χ2n) is 5.53. The molecule has 0 unspecified atom stereocenters. The van der Waals surface area contributed by atoms with Gasteiger partial charge >= 0.3 is 6.03 Å². The molecule has 2 heterocycles. The minimum absolute atomic E-state index is 0.0205. The molecule has 2 amide bonds. The van der Waals surface area contributed by atoms with Crippen molar-refractivity contribution in [3.63, 3.8) is 0 Å². The fourth-order valence-electron chi connectivity index (χ4n) is 2.50. The van der Waals surface area contributed by atoms with Crippen LogP contribution in [0.15, 0.2) is 0 Å². The molecular weight excluding hydrogens is 272 g/mol. The topological polar surface area (TPSA) is 39.7 Å². The van der Waals surface area contributed by atoms with E-state index in [4.69, 9.17) is 0 Å². The average molecular weight is 296 g/mol. The van der Waals surface area contributed by atoms with Crippen LogP contribution in [-0.4, -0.2) is 66.0 Å². The smallest absolute Gasteiger partial charge is 0.320 e. The highest BCUT2D eigenvalue weighted by Gasteiger charge is 2.27. The van der Waals surface area contributed by atoms with Gasteiger partial charge in [0.2, 0.25) is 0 Å². The first-order valence-corrected chi connectivity index (χ1v) is 7.86. The molecule has 5 nitrogen and oxygen atoms in total.